The Hall–Kier alpha value is -3.41. The average Bonchev–Trinajstić information content (AvgIpc) is 3.16. The molecule has 0 saturated heterocycles. The van der Waals surface area contributed by atoms with Gasteiger partial charge in [0.05, 0.1) is 11.7 Å². The van der Waals surface area contributed by atoms with Gasteiger partial charge in [0.25, 0.3) is 5.91 Å². The van der Waals surface area contributed by atoms with E-state index in [1.807, 2.05) is 43.5 Å². The minimum absolute atomic E-state index is 0.219. The van der Waals surface area contributed by atoms with E-state index in [0.29, 0.717) is 11.1 Å². The minimum atomic E-state index is -0.520. The van der Waals surface area contributed by atoms with Gasteiger partial charge in [-0.15, -0.1) is 0 Å². The van der Waals surface area contributed by atoms with Gasteiger partial charge < -0.3 is 11.1 Å². The number of benzene rings is 2. The van der Waals surface area contributed by atoms with E-state index >= 15 is 0 Å². The van der Waals surface area contributed by atoms with Crippen LogP contribution in [0.1, 0.15) is 39.2 Å². The lowest BCUT2D eigenvalue weighted by atomic mass is 10.0. The van der Waals surface area contributed by atoms with Crippen molar-refractivity contribution in [1.29, 1.82) is 0 Å². The Labute approximate surface area is 145 Å². The number of rotatable bonds is 5. The molecule has 1 unspecified atom stereocenters. The van der Waals surface area contributed by atoms with Crippen molar-refractivity contribution in [2.45, 2.75) is 13.0 Å². The summed E-state index contributed by atoms with van der Waals surface area (Å²) in [5.74, 6) is -0.743. The number of hydrogen-bond acceptors (Lipinski definition) is 3. The van der Waals surface area contributed by atoms with Gasteiger partial charge in [-0.2, -0.15) is 5.10 Å². The van der Waals surface area contributed by atoms with E-state index < -0.39 is 5.91 Å². The lowest BCUT2D eigenvalue weighted by Crippen LogP contribution is -2.27. The molecule has 0 aliphatic heterocycles. The zero-order valence-electron chi connectivity index (χ0n) is 13.7. The number of nitrogens with one attached hydrogen (secondary N) is 1. The Balaban J connectivity index is 1.79. The maximum absolute atomic E-state index is 12.5. The van der Waals surface area contributed by atoms with E-state index in [0.717, 1.165) is 11.3 Å². The van der Waals surface area contributed by atoms with Crippen molar-refractivity contribution in [3.8, 4) is 5.69 Å². The van der Waals surface area contributed by atoms with Crippen molar-refractivity contribution in [3.05, 3.63) is 83.7 Å². The van der Waals surface area contributed by atoms with Gasteiger partial charge in [0.1, 0.15) is 0 Å². The Kier molecular flexibility index (Phi) is 4.61. The van der Waals surface area contributed by atoms with Gasteiger partial charge in [-0.3, -0.25) is 9.59 Å². The van der Waals surface area contributed by atoms with Crippen LogP contribution in [-0.4, -0.2) is 21.6 Å². The van der Waals surface area contributed by atoms with Crippen LogP contribution in [0, 0.1) is 0 Å². The van der Waals surface area contributed by atoms with Gasteiger partial charge in [-0.1, -0.05) is 18.2 Å². The second-order valence-electron chi connectivity index (χ2n) is 5.65. The molecule has 25 heavy (non-hydrogen) atoms. The van der Waals surface area contributed by atoms with Gasteiger partial charge >= 0.3 is 0 Å². The second kappa shape index (κ2) is 7.00. The number of carbonyl (C=O) groups is 2. The summed E-state index contributed by atoms with van der Waals surface area (Å²) < 4.78 is 1.76. The molecule has 3 N–H and O–H groups in total. The van der Waals surface area contributed by atoms with E-state index in [1.165, 1.54) is 0 Å². The SMILES string of the molecule is CC(NC(=O)c1ccc(C(N)=O)cc1)c1ccccc1-n1cccn1. The summed E-state index contributed by atoms with van der Waals surface area (Å²) >= 11 is 0. The van der Waals surface area contributed by atoms with Crippen LogP contribution in [0.4, 0.5) is 0 Å². The van der Waals surface area contributed by atoms with Crippen LogP contribution in [-0.2, 0) is 0 Å². The van der Waals surface area contributed by atoms with E-state index in [-0.39, 0.29) is 11.9 Å². The first-order valence-electron chi connectivity index (χ1n) is 7.86. The molecule has 3 aromatic rings. The van der Waals surface area contributed by atoms with Crippen LogP contribution in [0.5, 0.6) is 0 Å². The number of para-hydroxylation sites is 1. The Morgan fingerprint density at radius 3 is 2.36 bits per heavy atom. The first-order chi connectivity index (χ1) is 12.1. The topological polar surface area (TPSA) is 90.0 Å². The molecule has 2 aromatic carbocycles. The quantitative estimate of drug-likeness (QED) is 0.751. The number of hydrogen-bond donors (Lipinski definition) is 2. The lowest BCUT2D eigenvalue weighted by molar-refractivity contribution is 0.0937. The molecule has 1 aromatic heterocycles. The fourth-order valence-corrected chi connectivity index (χ4v) is 2.62. The van der Waals surface area contributed by atoms with E-state index in [9.17, 15) is 9.59 Å². The molecule has 0 aliphatic carbocycles. The molecule has 2 amide bonds. The third-order valence-electron chi connectivity index (χ3n) is 3.93. The first-order valence-corrected chi connectivity index (χ1v) is 7.86. The van der Waals surface area contributed by atoms with Crippen molar-refractivity contribution in [2.24, 2.45) is 5.73 Å². The molecule has 126 valence electrons. The van der Waals surface area contributed by atoms with Crippen LogP contribution >= 0.6 is 0 Å². The maximum Gasteiger partial charge on any atom is 0.251 e. The Bertz CT molecular complexity index is 886. The molecule has 6 heteroatoms. The molecule has 0 radical (unpaired) electrons. The van der Waals surface area contributed by atoms with E-state index in [4.69, 9.17) is 5.73 Å². The second-order valence-corrected chi connectivity index (χ2v) is 5.65. The van der Waals surface area contributed by atoms with Crippen LogP contribution in [0.3, 0.4) is 0 Å². The fourth-order valence-electron chi connectivity index (χ4n) is 2.62. The van der Waals surface area contributed by atoms with Crippen molar-refractivity contribution < 1.29 is 9.59 Å². The summed E-state index contributed by atoms with van der Waals surface area (Å²) in [6, 6.07) is 15.6. The normalized spacial score (nSPS) is 11.7. The summed E-state index contributed by atoms with van der Waals surface area (Å²) in [5, 5.41) is 7.22. The maximum atomic E-state index is 12.5. The van der Waals surface area contributed by atoms with Crippen molar-refractivity contribution >= 4 is 11.8 Å². The first kappa shape index (κ1) is 16.4. The molecule has 0 bridgehead atoms. The summed E-state index contributed by atoms with van der Waals surface area (Å²) in [6.45, 7) is 1.91. The molecule has 0 saturated carbocycles. The molecule has 3 rings (SSSR count). The number of nitrogens with zero attached hydrogens (tertiary/aromatic N) is 2. The number of primary amides is 1. The molecule has 1 heterocycles. The van der Waals surface area contributed by atoms with Crippen LogP contribution in [0.15, 0.2) is 67.0 Å². The van der Waals surface area contributed by atoms with Crippen LogP contribution in [0.2, 0.25) is 0 Å². The highest BCUT2D eigenvalue weighted by molar-refractivity contribution is 5.97. The summed E-state index contributed by atoms with van der Waals surface area (Å²) in [4.78, 5) is 23.6. The smallest absolute Gasteiger partial charge is 0.251 e. The highest BCUT2D eigenvalue weighted by atomic mass is 16.2. The van der Waals surface area contributed by atoms with Crippen LogP contribution < -0.4 is 11.1 Å². The summed E-state index contributed by atoms with van der Waals surface area (Å²) in [5.41, 5.74) is 7.91. The standard InChI is InChI=1S/C19H18N4O2/c1-13(16-5-2-3-6-17(16)23-12-4-11-21-23)22-19(25)15-9-7-14(8-10-15)18(20)24/h2-13H,1H3,(H2,20,24)(H,22,25). The molecule has 0 fully saturated rings. The number of nitrogens with two attached hydrogens (primary N) is 1. The van der Waals surface area contributed by atoms with Gasteiger partial charge in [-0.25, -0.2) is 4.68 Å². The predicted octanol–water partition coefficient (Wildman–Crippen LogP) is 2.46. The highest BCUT2D eigenvalue weighted by Crippen LogP contribution is 2.21. The number of carbonyl (C=O) groups excluding carboxylic acids is 2. The highest BCUT2D eigenvalue weighted by Gasteiger charge is 2.15. The molecule has 0 aliphatic rings. The molecule has 0 spiro atoms. The third kappa shape index (κ3) is 3.58. The van der Waals surface area contributed by atoms with Gasteiger partial charge in [0, 0.05) is 23.5 Å². The number of amides is 2. The van der Waals surface area contributed by atoms with Gasteiger partial charge in [0.15, 0.2) is 0 Å². The molecule has 6 nitrogen and oxygen atoms in total. The van der Waals surface area contributed by atoms with Gasteiger partial charge in [0.2, 0.25) is 5.91 Å². The molecular weight excluding hydrogens is 316 g/mol. The zero-order chi connectivity index (χ0) is 17.8. The molecule has 1 atom stereocenters. The Morgan fingerprint density at radius 2 is 1.72 bits per heavy atom. The largest absolute Gasteiger partial charge is 0.366 e. The summed E-state index contributed by atoms with van der Waals surface area (Å²) in [7, 11) is 0. The summed E-state index contributed by atoms with van der Waals surface area (Å²) in [6.07, 6.45) is 3.57. The predicted molar refractivity (Wildman–Crippen MR) is 94.4 cm³/mol. The van der Waals surface area contributed by atoms with Crippen molar-refractivity contribution in [3.63, 3.8) is 0 Å². The number of aromatic nitrogens is 2. The Morgan fingerprint density at radius 1 is 1.04 bits per heavy atom. The lowest BCUT2D eigenvalue weighted by Gasteiger charge is -2.18. The van der Waals surface area contributed by atoms with Crippen molar-refractivity contribution in [1.82, 2.24) is 15.1 Å². The van der Waals surface area contributed by atoms with Crippen LogP contribution in [0.25, 0.3) is 5.69 Å². The van der Waals surface area contributed by atoms with Gasteiger partial charge in [-0.05, 0) is 48.9 Å². The van der Waals surface area contributed by atoms with Crippen molar-refractivity contribution in [2.75, 3.05) is 0 Å². The average molecular weight is 334 g/mol. The van der Waals surface area contributed by atoms with E-state index in [1.54, 1.807) is 35.1 Å². The third-order valence-corrected chi connectivity index (χ3v) is 3.93. The minimum Gasteiger partial charge on any atom is -0.366 e. The van der Waals surface area contributed by atoms with E-state index in [2.05, 4.69) is 10.4 Å². The fraction of sp³-hybridized carbons (Fsp3) is 0.105. The monoisotopic (exact) mass is 334 g/mol. The molecular formula is C19H18N4O2. The zero-order valence-corrected chi connectivity index (χ0v) is 13.7.